The zero-order valence-corrected chi connectivity index (χ0v) is 7.24. The zero-order valence-electron chi connectivity index (χ0n) is 7.24. The van der Waals surface area contributed by atoms with E-state index in [0.717, 1.165) is 0 Å². The molecule has 1 aromatic heterocycles. The van der Waals surface area contributed by atoms with Gasteiger partial charge < -0.3 is 5.32 Å². The average Bonchev–Trinajstić information content (AvgIpc) is 2.14. The molecule has 1 aromatic rings. The van der Waals surface area contributed by atoms with E-state index in [1.807, 2.05) is 0 Å². The fourth-order valence-electron chi connectivity index (χ4n) is 0.656. The molecule has 0 saturated carbocycles. The van der Waals surface area contributed by atoms with E-state index >= 15 is 0 Å². The molecule has 1 heterocycles. The smallest absolute Gasteiger partial charge is 0.217 e. The van der Waals surface area contributed by atoms with Crippen molar-refractivity contribution in [3.05, 3.63) is 24.3 Å². The Balaban J connectivity index is 2.44. The summed E-state index contributed by atoms with van der Waals surface area (Å²) in [5.74, 6) is 5.81. The van der Waals surface area contributed by atoms with Crippen molar-refractivity contribution in [1.82, 2.24) is 15.3 Å². The molecule has 4 heteroatoms. The first kappa shape index (κ1) is 9.20. The summed E-state index contributed by atoms with van der Waals surface area (Å²) in [6.07, 6.45) is 3.24. The molecule has 0 atom stereocenters. The molecule has 0 fully saturated rings. The van der Waals surface area contributed by atoms with Gasteiger partial charge in [-0.1, -0.05) is 5.92 Å². The third kappa shape index (κ3) is 3.87. The van der Waals surface area contributed by atoms with Crippen LogP contribution in [0, 0.1) is 11.8 Å². The number of nitrogens with zero attached hydrogens (tertiary/aromatic N) is 2. The monoisotopic (exact) mass is 175 g/mol. The molecule has 66 valence electrons. The SMILES string of the molecule is CC(=O)NCC#Cc1ncccn1. The van der Waals surface area contributed by atoms with Crippen LogP contribution in [0.2, 0.25) is 0 Å². The summed E-state index contributed by atoms with van der Waals surface area (Å²) in [6, 6.07) is 1.72. The fraction of sp³-hybridized carbons (Fsp3) is 0.222. The minimum atomic E-state index is -0.0942. The molecule has 0 aromatic carbocycles. The summed E-state index contributed by atoms with van der Waals surface area (Å²) < 4.78 is 0. The molecule has 1 amide bonds. The summed E-state index contributed by atoms with van der Waals surface area (Å²) in [4.78, 5) is 18.2. The first-order valence-corrected chi connectivity index (χ1v) is 3.79. The van der Waals surface area contributed by atoms with Gasteiger partial charge in [0.25, 0.3) is 0 Å². The predicted molar refractivity (Wildman–Crippen MR) is 47.6 cm³/mol. The topological polar surface area (TPSA) is 54.9 Å². The molecule has 0 saturated heterocycles. The molecule has 0 aliphatic carbocycles. The highest BCUT2D eigenvalue weighted by Crippen LogP contribution is 1.81. The molecule has 4 nitrogen and oxygen atoms in total. The lowest BCUT2D eigenvalue weighted by Gasteiger charge is -1.90. The van der Waals surface area contributed by atoms with Crippen LogP contribution in [0.4, 0.5) is 0 Å². The van der Waals surface area contributed by atoms with E-state index < -0.39 is 0 Å². The third-order valence-corrected chi connectivity index (χ3v) is 1.19. The van der Waals surface area contributed by atoms with Crippen molar-refractivity contribution in [3.8, 4) is 11.8 Å². The standard InChI is InChI=1S/C9H9N3O/c1-8(13)10-5-2-4-9-11-6-3-7-12-9/h3,6-7H,5H2,1H3,(H,10,13). The lowest BCUT2D eigenvalue weighted by Crippen LogP contribution is -2.19. The van der Waals surface area contributed by atoms with Gasteiger partial charge in [0, 0.05) is 19.3 Å². The van der Waals surface area contributed by atoms with E-state index in [4.69, 9.17) is 0 Å². The Morgan fingerprint density at radius 1 is 1.54 bits per heavy atom. The molecular formula is C9H9N3O. The second-order valence-electron chi connectivity index (χ2n) is 2.28. The predicted octanol–water partition coefficient (Wildman–Crippen LogP) is -0.0358. The van der Waals surface area contributed by atoms with Crippen LogP contribution in [-0.2, 0) is 4.79 Å². The molecule has 1 N–H and O–H groups in total. The fourth-order valence-corrected chi connectivity index (χ4v) is 0.656. The van der Waals surface area contributed by atoms with Crippen molar-refractivity contribution < 1.29 is 4.79 Å². The number of rotatable bonds is 1. The van der Waals surface area contributed by atoms with Gasteiger partial charge in [-0.25, -0.2) is 9.97 Å². The number of carbonyl (C=O) groups is 1. The summed E-state index contributed by atoms with van der Waals surface area (Å²) in [5.41, 5.74) is 0. The quantitative estimate of drug-likeness (QED) is 0.609. The van der Waals surface area contributed by atoms with Crippen LogP contribution in [0.3, 0.4) is 0 Å². The molecular weight excluding hydrogens is 166 g/mol. The van der Waals surface area contributed by atoms with Crippen molar-refractivity contribution >= 4 is 5.91 Å². The molecule has 0 spiro atoms. The Labute approximate surface area is 76.4 Å². The highest BCUT2D eigenvalue weighted by molar-refractivity contribution is 5.73. The Kier molecular flexibility index (Phi) is 3.45. The number of carbonyl (C=O) groups excluding carboxylic acids is 1. The molecule has 1 rings (SSSR count). The second kappa shape index (κ2) is 4.88. The third-order valence-electron chi connectivity index (χ3n) is 1.19. The number of hydrogen-bond acceptors (Lipinski definition) is 3. The zero-order chi connectivity index (χ0) is 9.52. The lowest BCUT2D eigenvalue weighted by molar-refractivity contribution is -0.118. The largest absolute Gasteiger partial charge is 0.345 e. The summed E-state index contributed by atoms with van der Waals surface area (Å²) in [6.45, 7) is 1.77. The molecule has 0 aliphatic rings. The Morgan fingerprint density at radius 3 is 2.85 bits per heavy atom. The Bertz CT molecular complexity index is 337. The van der Waals surface area contributed by atoms with Crippen LogP contribution < -0.4 is 5.32 Å². The van der Waals surface area contributed by atoms with Gasteiger partial charge in [0.05, 0.1) is 6.54 Å². The number of hydrogen-bond donors (Lipinski definition) is 1. The van der Waals surface area contributed by atoms with Crippen LogP contribution in [0.1, 0.15) is 12.7 Å². The van der Waals surface area contributed by atoms with E-state index in [1.54, 1.807) is 18.5 Å². The normalized spacial score (nSPS) is 8.38. The maximum Gasteiger partial charge on any atom is 0.217 e. The van der Waals surface area contributed by atoms with Crippen LogP contribution in [0.5, 0.6) is 0 Å². The van der Waals surface area contributed by atoms with Crippen molar-refractivity contribution in [1.29, 1.82) is 0 Å². The second-order valence-corrected chi connectivity index (χ2v) is 2.28. The van der Waals surface area contributed by atoms with Gasteiger partial charge in [-0.05, 0) is 12.0 Å². The number of nitrogens with one attached hydrogen (secondary N) is 1. The number of amides is 1. The minimum Gasteiger partial charge on any atom is -0.345 e. The van der Waals surface area contributed by atoms with E-state index in [9.17, 15) is 4.79 Å². The van der Waals surface area contributed by atoms with Crippen LogP contribution in [0.15, 0.2) is 18.5 Å². The van der Waals surface area contributed by atoms with Crippen molar-refractivity contribution in [3.63, 3.8) is 0 Å². The van der Waals surface area contributed by atoms with Gasteiger partial charge in [0.2, 0.25) is 11.7 Å². The molecule has 0 bridgehead atoms. The van der Waals surface area contributed by atoms with Crippen LogP contribution in [-0.4, -0.2) is 22.4 Å². The summed E-state index contributed by atoms with van der Waals surface area (Å²) in [5, 5.41) is 2.55. The van der Waals surface area contributed by atoms with Gasteiger partial charge in [0.15, 0.2) is 0 Å². The van der Waals surface area contributed by atoms with Crippen LogP contribution in [0.25, 0.3) is 0 Å². The van der Waals surface area contributed by atoms with Gasteiger partial charge in [-0.2, -0.15) is 0 Å². The lowest BCUT2D eigenvalue weighted by atomic mass is 10.5. The molecule has 0 unspecified atom stereocenters. The van der Waals surface area contributed by atoms with Gasteiger partial charge in [-0.3, -0.25) is 4.79 Å². The van der Waals surface area contributed by atoms with Crippen LogP contribution >= 0.6 is 0 Å². The van der Waals surface area contributed by atoms with Gasteiger partial charge >= 0.3 is 0 Å². The molecule has 13 heavy (non-hydrogen) atoms. The van der Waals surface area contributed by atoms with Crippen molar-refractivity contribution in [2.45, 2.75) is 6.92 Å². The van der Waals surface area contributed by atoms with E-state index in [-0.39, 0.29) is 5.91 Å². The van der Waals surface area contributed by atoms with Crippen molar-refractivity contribution in [2.24, 2.45) is 0 Å². The Hall–Kier alpha value is -1.89. The maximum atomic E-state index is 10.4. The highest BCUT2D eigenvalue weighted by atomic mass is 16.1. The highest BCUT2D eigenvalue weighted by Gasteiger charge is 1.86. The van der Waals surface area contributed by atoms with Crippen molar-refractivity contribution in [2.75, 3.05) is 6.54 Å². The molecule has 0 radical (unpaired) electrons. The molecule has 0 aliphatic heterocycles. The van der Waals surface area contributed by atoms with E-state index in [0.29, 0.717) is 12.4 Å². The Morgan fingerprint density at radius 2 is 2.23 bits per heavy atom. The first-order valence-electron chi connectivity index (χ1n) is 3.79. The summed E-state index contributed by atoms with van der Waals surface area (Å²) in [7, 11) is 0. The summed E-state index contributed by atoms with van der Waals surface area (Å²) >= 11 is 0. The average molecular weight is 175 g/mol. The first-order chi connectivity index (χ1) is 6.29. The number of aromatic nitrogens is 2. The van der Waals surface area contributed by atoms with Gasteiger partial charge in [0.1, 0.15) is 0 Å². The van der Waals surface area contributed by atoms with Gasteiger partial charge in [-0.15, -0.1) is 0 Å². The minimum absolute atomic E-state index is 0.0942. The van der Waals surface area contributed by atoms with E-state index in [1.165, 1.54) is 6.92 Å². The maximum absolute atomic E-state index is 10.4. The van der Waals surface area contributed by atoms with E-state index in [2.05, 4.69) is 27.1 Å².